The van der Waals surface area contributed by atoms with Crippen LogP contribution in [0.15, 0.2) is 18.2 Å². The van der Waals surface area contributed by atoms with Crippen LogP contribution in [0.4, 0.5) is 11.4 Å². The fraction of sp³-hybridized carbons (Fsp3) is 0.417. The van der Waals surface area contributed by atoms with Crippen molar-refractivity contribution in [3.8, 4) is 5.75 Å². The maximum absolute atomic E-state index is 11.2. The number of carbonyl (C=O) groups excluding carboxylic acids is 1. The fourth-order valence-corrected chi connectivity index (χ4v) is 1.64. The van der Waals surface area contributed by atoms with Gasteiger partial charge in [-0.15, -0.1) is 0 Å². The van der Waals surface area contributed by atoms with Gasteiger partial charge in [-0.1, -0.05) is 0 Å². The van der Waals surface area contributed by atoms with E-state index < -0.39 is 0 Å². The van der Waals surface area contributed by atoms with Crippen molar-refractivity contribution in [3.63, 3.8) is 0 Å². The Labute approximate surface area is 100 Å². The van der Waals surface area contributed by atoms with E-state index in [0.29, 0.717) is 11.4 Å². The molecule has 5 heteroatoms. The van der Waals surface area contributed by atoms with Crippen LogP contribution in [0.1, 0.15) is 13.3 Å². The minimum Gasteiger partial charge on any atom is -0.482 e. The van der Waals surface area contributed by atoms with Crippen molar-refractivity contribution in [1.29, 1.82) is 0 Å². The Hall–Kier alpha value is -1.75. The molecule has 0 fully saturated rings. The molecular weight excluding hydrogens is 218 g/mol. The molecule has 1 heterocycles. The molecule has 0 saturated heterocycles. The van der Waals surface area contributed by atoms with Crippen molar-refractivity contribution in [3.05, 3.63) is 18.2 Å². The molecule has 4 N–H and O–H groups in total. The second kappa shape index (κ2) is 5.05. The van der Waals surface area contributed by atoms with Gasteiger partial charge in [-0.05, 0) is 31.5 Å². The predicted molar refractivity (Wildman–Crippen MR) is 67.3 cm³/mol. The number of nitrogens with one attached hydrogen (secondary N) is 2. The highest BCUT2D eigenvalue weighted by Gasteiger charge is 2.15. The van der Waals surface area contributed by atoms with E-state index in [9.17, 15) is 4.79 Å². The van der Waals surface area contributed by atoms with Crippen molar-refractivity contribution in [2.45, 2.75) is 19.4 Å². The molecule has 1 aliphatic rings. The topological polar surface area (TPSA) is 76.4 Å². The SMILES string of the molecule is CC(N)CCNc1ccc2c(c1)NC(=O)CO2. The minimum absolute atomic E-state index is 0.0878. The molecule has 2 rings (SSSR count). The summed E-state index contributed by atoms with van der Waals surface area (Å²) >= 11 is 0. The Morgan fingerprint density at radius 3 is 3.18 bits per heavy atom. The highest BCUT2D eigenvalue weighted by Crippen LogP contribution is 2.30. The van der Waals surface area contributed by atoms with Crippen molar-refractivity contribution in [1.82, 2.24) is 0 Å². The summed E-state index contributed by atoms with van der Waals surface area (Å²) in [4.78, 5) is 11.2. The van der Waals surface area contributed by atoms with Crippen LogP contribution in [0.25, 0.3) is 0 Å². The first-order valence-corrected chi connectivity index (χ1v) is 5.71. The molecule has 0 radical (unpaired) electrons. The van der Waals surface area contributed by atoms with Gasteiger partial charge in [0.2, 0.25) is 0 Å². The lowest BCUT2D eigenvalue weighted by Crippen LogP contribution is -2.25. The van der Waals surface area contributed by atoms with Gasteiger partial charge >= 0.3 is 0 Å². The van der Waals surface area contributed by atoms with E-state index in [1.807, 2.05) is 25.1 Å². The lowest BCUT2D eigenvalue weighted by molar-refractivity contribution is -0.118. The number of anilines is 2. The number of benzene rings is 1. The highest BCUT2D eigenvalue weighted by molar-refractivity contribution is 5.95. The lowest BCUT2D eigenvalue weighted by Gasteiger charge is -2.19. The average Bonchev–Trinajstić information content (AvgIpc) is 2.28. The zero-order chi connectivity index (χ0) is 12.3. The Kier molecular flexibility index (Phi) is 3.49. The summed E-state index contributed by atoms with van der Waals surface area (Å²) < 4.78 is 5.27. The van der Waals surface area contributed by atoms with Crippen LogP contribution in [0, 0.1) is 0 Å². The van der Waals surface area contributed by atoms with Crippen LogP contribution in [0.3, 0.4) is 0 Å². The van der Waals surface area contributed by atoms with E-state index in [1.165, 1.54) is 0 Å². The highest BCUT2D eigenvalue weighted by atomic mass is 16.5. The number of hydrogen-bond acceptors (Lipinski definition) is 4. The van der Waals surface area contributed by atoms with E-state index in [2.05, 4.69) is 10.6 Å². The molecule has 0 bridgehead atoms. The largest absolute Gasteiger partial charge is 0.482 e. The number of fused-ring (bicyclic) bond motifs is 1. The molecule has 0 saturated carbocycles. The molecule has 17 heavy (non-hydrogen) atoms. The second-order valence-electron chi connectivity index (χ2n) is 4.24. The number of ether oxygens (including phenoxy) is 1. The van der Waals surface area contributed by atoms with Crippen LogP contribution >= 0.6 is 0 Å². The zero-order valence-corrected chi connectivity index (χ0v) is 9.82. The molecule has 1 unspecified atom stereocenters. The zero-order valence-electron chi connectivity index (χ0n) is 9.82. The molecule has 0 spiro atoms. The minimum atomic E-state index is -0.120. The molecule has 1 atom stereocenters. The summed E-state index contributed by atoms with van der Waals surface area (Å²) in [5, 5.41) is 6.02. The monoisotopic (exact) mass is 235 g/mol. The van der Waals surface area contributed by atoms with Gasteiger partial charge in [-0.25, -0.2) is 0 Å². The van der Waals surface area contributed by atoms with E-state index in [4.69, 9.17) is 10.5 Å². The normalized spacial score (nSPS) is 15.5. The maximum Gasteiger partial charge on any atom is 0.262 e. The fourth-order valence-electron chi connectivity index (χ4n) is 1.64. The quantitative estimate of drug-likeness (QED) is 0.732. The third kappa shape index (κ3) is 3.10. The van der Waals surface area contributed by atoms with Crippen LogP contribution in [0.5, 0.6) is 5.75 Å². The van der Waals surface area contributed by atoms with E-state index in [0.717, 1.165) is 18.7 Å². The molecule has 5 nitrogen and oxygen atoms in total. The summed E-state index contributed by atoms with van der Waals surface area (Å²) in [6, 6.07) is 5.83. The van der Waals surface area contributed by atoms with Crippen LogP contribution in [-0.4, -0.2) is 25.1 Å². The summed E-state index contributed by atoms with van der Waals surface area (Å²) in [6.07, 6.45) is 0.903. The van der Waals surface area contributed by atoms with Crippen molar-refractivity contribution in [2.24, 2.45) is 5.73 Å². The standard InChI is InChI=1S/C12H17N3O2/c1-8(13)4-5-14-9-2-3-11-10(6-9)15-12(16)7-17-11/h2-3,6,8,14H,4-5,7,13H2,1H3,(H,15,16). The molecular formula is C12H17N3O2. The third-order valence-corrected chi connectivity index (χ3v) is 2.54. The smallest absolute Gasteiger partial charge is 0.262 e. The summed E-state index contributed by atoms with van der Waals surface area (Å²) in [7, 11) is 0. The first-order valence-electron chi connectivity index (χ1n) is 5.71. The van der Waals surface area contributed by atoms with Gasteiger partial charge in [0, 0.05) is 18.3 Å². The predicted octanol–water partition coefficient (Wildman–Crippen LogP) is 1.17. The lowest BCUT2D eigenvalue weighted by atomic mass is 10.2. The molecule has 0 aliphatic carbocycles. The third-order valence-electron chi connectivity index (χ3n) is 2.54. The van der Waals surface area contributed by atoms with Crippen molar-refractivity contribution < 1.29 is 9.53 Å². The maximum atomic E-state index is 11.2. The summed E-state index contributed by atoms with van der Waals surface area (Å²) in [5.41, 5.74) is 7.34. The molecule has 1 aliphatic heterocycles. The van der Waals surface area contributed by atoms with E-state index >= 15 is 0 Å². The summed E-state index contributed by atoms with van der Waals surface area (Å²) in [6.45, 7) is 2.87. The average molecular weight is 235 g/mol. The number of amides is 1. The Morgan fingerprint density at radius 2 is 2.41 bits per heavy atom. The van der Waals surface area contributed by atoms with Crippen molar-refractivity contribution in [2.75, 3.05) is 23.8 Å². The van der Waals surface area contributed by atoms with Gasteiger partial charge in [0.1, 0.15) is 5.75 Å². The molecule has 1 aromatic carbocycles. The number of carbonyl (C=O) groups is 1. The van der Waals surface area contributed by atoms with Gasteiger partial charge in [0.25, 0.3) is 5.91 Å². The van der Waals surface area contributed by atoms with Crippen LogP contribution in [0.2, 0.25) is 0 Å². The van der Waals surface area contributed by atoms with Gasteiger partial charge in [-0.2, -0.15) is 0 Å². The Morgan fingerprint density at radius 1 is 1.59 bits per heavy atom. The Bertz CT molecular complexity index is 418. The molecule has 0 aromatic heterocycles. The van der Waals surface area contributed by atoms with Gasteiger partial charge in [0.05, 0.1) is 5.69 Å². The molecule has 1 aromatic rings. The first kappa shape index (κ1) is 11.7. The number of nitrogens with two attached hydrogens (primary N) is 1. The van der Waals surface area contributed by atoms with Crippen LogP contribution in [-0.2, 0) is 4.79 Å². The molecule has 1 amide bonds. The van der Waals surface area contributed by atoms with Gasteiger partial charge < -0.3 is 21.1 Å². The van der Waals surface area contributed by atoms with E-state index in [1.54, 1.807) is 0 Å². The number of hydrogen-bond donors (Lipinski definition) is 3. The molecule has 92 valence electrons. The van der Waals surface area contributed by atoms with Gasteiger partial charge in [-0.3, -0.25) is 4.79 Å². The van der Waals surface area contributed by atoms with Crippen LogP contribution < -0.4 is 21.1 Å². The Balaban J connectivity index is 2.00. The van der Waals surface area contributed by atoms with Crippen molar-refractivity contribution >= 4 is 17.3 Å². The summed E-state index contributed by atoms with van der Waals surface area (Å²) in [5.74, 6) is 0.590. The van der Waals surface area contributed by atoms with Gasteiger partial charge in [0.15, 0.2) is 6.61 Å². The second-order valence-corrected chi connectivity index (χ2v) is 4.24. The first-order chi connectivity index (χ1) is 8.15. The number of rotatable bonds is 4. The van der Waals surface area contributed by atoms with E-state index in [-0.39, 0.29) is 18.6 Å².